The van der Waals surface area contributed by atoms with E-state index in [0.717, 1.165) is 17.7 Å². The molecule has 0 heterocycles. The molecule has 0 fully saturated rings. The molecule has 0 aliphatic rings. The molecule has 0 aliphatic heterocycles. The van der Waals surface area contributed by atoms with Gasteiger partial charge in [-0.3, -0.25) is 4.79 Å². The molecule has 0 atom stereocenters. The Morgan fingerprint density at radius 1 is 1.39 bits per heavy atom. The number of oxime groups is 1. The molecule has 1 aromatic carbocycles. The molecule has 0 spiro atoms. The number of hydrogen-bond donors (Lipinski definition) is 1. The summed E-state index contributed by atoms with van der Waals surface area (Å²) >= 11 is 0. The van der Waals surface area contributed by atoms with Crippen molar-refractivity contribution in [3.8, 4) is 0 Å². The van der Waals surface area contributed by atoms with Crippen LogP contribution in [0.2, 0.25) is 0 Å². The van der Waals surface area contributed by atoms with Gasteiger partial charge in [-0.25, -0.2) is 5.43 Å². The van der Waals surface area contributed by atoms with Crippen LogP contribution in [-0.2, 0) is 9.63 Å². The van der Waals surface area contributed by atoms with Crippen molar-refractivity contribution in [1.82, 2.24) is 5.43 Å². The minimum absolute atomic E-state index is 0.149. The third-order valence-corrected chi connectivity index (χ3v) is 2.15. The molecule has 0 radical (unpaired) electrons. The maximum Gasteiger partial charge on any atom is 0.280 e. The van der Waals surface area contributed by atoms with E-state index in [0.29, 0.717) is 0 Å². The monoisotopic (exact) mass is 247 g/mol. The van der Waals surface area contributed by atoms with Crippen LogP contribution in [-0.4, -0.2) is 24.4 Å². The first kappa shape index (κ1) is 13.9. The van der Waals surface area contributed by atoms with Gasteiger partial charge in [-0.05, 0) is 18.9 Å². The fraction of sp³-hybridized carbons (Fsp3) is 0.308. The minimum Gasteiger partial charge on any atom is -0.386 e. The van der Waals surface area contributed by atoms with Crippen LogP contribution >= 0.6 is 0 Å². The topological polar surface area (TPSA) is 63.0 Å². The number of benzene rings is 1. The molecule has 96 valence electrons. The molecular weight excluding hydrogens is 230 g/mol. The average Bonchev–Trinajstić information content (AvgIpc) is 2.42. The molecular formula is C13H17N3O2. The fourth-order valence-corrected chi connectivity index (χ4v) is 1.00. The van der Waals surface area contributed by atoms with E-state index in [2.05, 4.69) is 15.7 Å². The van der Waals surface area contributed by atoms with Crippen LogP contribution in [0.4, 0.5) is 0 Å². The molecule has 18 heavy (non-hydrogen) atoms. The van der Waals surface area contributed by atoms with E-state index in [-0.39, 0.29) is 12.5 Å². The van der Waals surface area contributed by atoms with Gasteiger partial charge in [-0.2, -0.15) is 5.10 Å². The smallest absolute Gasteiger partial charge is 0.280 e. The maximum atomic E-state index is 11.3. The first-order valence-corrected chi connectivity index (χ1v) is 5.74. The Morgan fingerprint density at radius 3 is 2.78 bits per heavy atom. The number of nitrogens with one attached hydrogen (secondary N) is 1. The molecule has 0 saturated heterocycles. The number of nitrogens with zero attached hydrogens (tertiary/aromatic N) is 2. The summed E-state index contributed by atoms with van der Waals surface area (Å²) in [4.78, 5) is 16.1. The highest BCUT2D eigenvalue weighted by Gasteiger charge is 1.98. The van der Waals surface area contributed by atoms with Crippen molar-refractivity contribution < 1.29 is 9.63 Å². The van der Waals surface area contributed by atoms with Gasteiger partial charge in [-0.1, -0.05) is 42.4 Å². The average molecular weight is 247 g/mol. The standard InChI is InChI=1S/C13H17N3O2/c1-3-11(2)15-16-13(17)10-18-14-9-12-7-5-4-6-8-12/h4-9H,3,10H2,1-2H3,(H,16,17)/b14-9-,15-11+. The predicted molar refractivity (Wildman–Crippen MR) is 71.5 cm³/mol. The first-order chi connectivity index (χ1) is 8.72. The predicted octanol–water partition coefficient (Wildman–Crippen LogP) is 1.94. The Kier molecular flexibility index (Phi) is 6.17. The zero-order valence-corrected chi connectivity index (χ0v) is 10.6. The zero-order valence-electron chi connectivity index (χ0n) is 10.6. The molecule has 1 N–H and O–H groups in total. The summed E-state index contributed by atoms with van der Waals surface area (Å²) in [7, 11) is 0. The second-order valence-electron chi connectivity index (χ2n) is 3.65. The summed E-state index contributed by atoms with van der Waals surface area (Å²) in [6, 6.07) is 9.50. The maximum absolute atomic E-state index is 11.3. The van der Waals surface area contributed by atoms with E-state index < -0.39 is 0 Å². The van der Waals surface area contributed by atoms with Gasteiger partial charge in [0.15, 0.2) is 6.61 Å². The minimum atomic E-state index is -0.326. The van der Waals surface area contributed by atoms with Crippen molar-refractivity contribution in [2.45, 2.75) is 20.3 Å². The first-order valence-electron chi connectivity index (χ1n) is 5.74. The highest BCUT2D eigenvalue weighted by molar-refractivity contribution is 5.84. The van der Waals surface area contributed by atoms with Crippen molar-refractivity contribution in [2.24, 2.45) is 10.3 Å². The largest absolute Gasteiger partial charge is 0.386 e. The lowest BCUT2D eigenvalue weighted by Crippen LogP contribution is -2.23. The summed E-state index contributed by atoms with van der Waals surface area (Å²) in [6.07, 6.45) is 2.35. The van der Waals surface area contributed by atoms with E-state index in [1.165, 1.54) is 0 Å². The summed E-state index contributed by atoms with van der Waals surface area (Å²) in [5.41, 5.74) is 4.15. The molecule has 0 unspecified atom stereocenters. The van der Waals surface area contributed by atoms with Crippen LogP contribution in [0, 0.1) is 0 Å². The third kappa shape index (κ3) is 5.79. The van der Waals surface area contributed by atoms with Crippen LogP contribution in [0.25, 0.3) is 0 Å². The number of carbonyl (C=O) groups is 1. The highest BCUT2D eigenvalue weighted by atomic mass is 16.6. The van der Waals surface area contributed by atoms with Gasteiger partial charge in [0.05, 0.1) is 6.21 Å². The summed E-state index contributed by atoms with van der Waals surface area (Å²) < 4.78 is 0. The van der Waals surface area contributed by atoms with Gasteiger partial charge in [0.25, 0.3) is 5.91 Å². The zero-order chi connectivity index (χ0) is 13.2. The molecule has 0 aliphatic carbocycles. The molecule has 1 aromatic rings. The lowest BCUT2D eigenvalue weighted by atomic mass is 10.2. The molecule has 5 heteroatoms. The van der Waals surface area contributed by atoms with Crippen LogP contribution in [0.5, 0.6) is 0 Å². The molecule has 0 bridgehead atoms. The van der Waals surface area contributed by atoms with Crippen LogP contribution in [0.15, 0.2) is 40.6 Å². The lowest BCUT2D eigenvalue weighted by molar-refractivity contribution is -0.125. The Morgan fingerprint density at radius 2 is 2.11 bits per heavy atom. The fourth-order valence-electron chi connectivity index (χ4n) is 1.00. The second kappa shape index (κ2) is 8.00. The third-order valence-electron chi connectivity index (χ3n) is 2.15. The Bertz CT molecular complexity index is 427. The van der Waals surface area contributed by atoms with E-state index in [1.807, 2.05) is 44.2 Å². The van der Waals surface area contributed by atoms with Gasteiger partial charge < -0.3 is 4.84 Å². The number of rotatable bonds is 6. The summed E-state index contributed by atoms with van der Waals surface area (Å²) in [6.45, 7) is 3.66. The van der Waals surface area contributed by atoms with E-state index in [1.54, 1.807) is 6.21 Å². The van der Waals surface area contributed by atoms with E-state index >= 15 is 0 Å². The van der Waals surface area contributed by atoms with Crippen molar-refractivity contribution in [2.75, 3.05) is 6.61 Å². The van der Waals surface area contributed by atoms with Crippen molar-refractivity contribution in [1.29, 1.82) is 0 Å². The SMILES string of the molecule is CC/C(C)=N/NC(=O)CO/N=C\c1ccccc1. The van der Waals surface area contributed by atoms with Gasteiger partial charge in [0, 0.05) is 5.71 Å². The summed E-state index contributed by atoms with van der Waals surface area (Å²) in [5, 5.41) is 7.56. The number of carbonyl (C=O) groups excluding carboxylic acids is 1. The van der Waals surface area contributed by atoms with Gasteiger partial charge in [0.2, 0.25) is 0 Å². The molecule has 5 nitrogen and oxygen atoms in total. The molecule has 0 aromatic heterocycles. The van der Waals surface area contributed by atoms with Crippen LogP contribution in [0.1, 0.15) is 25.8 Å². The molecule has 0 saturated carbocycles. The number of hydrogen-bond acceptors (Lipinski definition) is 4. The highest BCUT2D eigenvalue weighted by Crippen LogP contribution is 1.94. The van der Waals surface area contributed by atoms with Gasteiger partial charge in [0.1, 0.15) is 0 Å². The van der Waals surface area contributed by atoms with Crippen molar-refractivity contribution >= 4 is 17.8 Å². The second-order valence-corrected chi connectivity index (χ2v) is 3.65. The number of amides is 1. The van der Waals surface area contributed by atoms with Crippen LogP contribution in [0.3, 0.4) is 0 Å². The van der Waals surface area contributed by atoms with E-state index in [4.69, 9.17) is 4.84 Å². The van der Waals surface area contributed by atoms with E-state index in [9.17, 15) is 4.79 Å². The molecule has 1 amide bonds. The lowest BCUT2D eigenvalue weighted by Gasteiger charge is -1.99. The normalized spacial score (nSPS) is 11.6. The van der Waals surface area contributed by atoms with Crippen molar-refractivity contribution in [3.05, 3.63) is 35.9 Å². The Labute approximate surface area is 107 Å². The van der Waals surface area contributed by atoms with Crippen molar-refractivity contribution in [3.63, 3.8) is 0 Å². The number of hydrazone groups is 1. The molecule has 1 rings (SSSR count). The summed E-state index contributed by atoms with van der Waals surface area (Å²) in [5.74, 6) is -0.326. The quantitative estimate of drug-likeness (QED) is 0.616. The Balaban J connectivity index is 2.26. The Hall–Kier alpha value is -2.17. The van der Waals surface area contributed by atoms with Crippen LogP contribution < -0.4 is 5.43 Å². The van der Waals surface area contributed by atoms with Gasteiger partial charge in [-0.15, -0.1) is 0 Å². The van der Waals surface area contributed by atoms with Gasteiger partial charge >= 0.3 is 0 Å².